The highest BCUT2D eigenvalue weighted by molar-refractivity contribution is 14.1. The van der Waals surface area contributed by atoms with Crippen molar-refractivity contribution in [1.29, 1.82) is 0 Å². The monoisotopic (exact) mass is 427 g/mol. The van der Waals surface area contributed by atoms with Crippen LogP contribution in [-0.4, -0.2) is 17.3 Å². The van der Waals surface area contributed by atoms with Gasteiger partial charge in [-0.15, -0.1) is 11.6 Å². The SMILES string of the molecule is O=C(NC1CCCC1Cl)c1cc(Br)ccc1I. The van der Waals surface area contributed by atoms with Crippen LogP contribution in [-0.2, 0) is 0 Å². The zero-order valence-corrected chi connectivity index (χ0v) is 13.5. The molecule has 0 aliphatic heterocycles. The first-order valence-corrected chi connectivity index (χ1v) is 7.79. The summed E-state index contributed by atoms with van der Waals surface area (Å²) in [4.78, 5) is 12.1. The predicted molar refractivity (Wildman–Crippen MR) is 81.6 cm³/mol. The number of benzene rings is 1. The van der Waals surface area contributed by atoms with E-state index < -0.39 is 0 Å². The number of amides is 1. The summed E-state index contributed by atoms with van der Waals surface area (Å²) in [5, 5.41) is 3.09. The minimum Gasteiger partial charge on any atom is -0.348 e. The second-order valence-corrected chi connectivity index (χ2v) is 6.79. The van der Waals surface area contributed by atoms with Crippen LogP contribution in [0.1, 0.15) is 29.6 Å². The molecule has 0 saturated heterocycles. The Balaban J connectivity index is 2.11. The van der Waals surface area contributed by atoms with Gasteiger partial charge in [0, 0.05) is 14.1 Å². The maximum atomic E-state index is 12.1. The third kappa shape index (κ3) is 3.35. The third-order valence-electron chi connectivity index (χ3n) is 2.92. The molecular formula is C12H12BrClINO. The highest BCUT2D eigenvalue weighted by Gasteiger charge is 2.27. The van der Waals surface area contributed by atoms with E-state index in [1.165, 1.54) is 0 Å². The molecule has 1 fully saturated rings. The average Bonchev–Trinajstić information content (AvgIpc) is 2.68. The third-order valence-corrected chi connectivity index (χ3v) is 4.88. The Labute approximate surface area is 128 Å². The Morgan fingerprint density at radius 3 is 2.88 bits per heavy atom. The molecule has 1 amide bonds. The van der Waals surface area contributed by atoms with Crippen LogP contribution in [0.3, 0.4) is 0 Å². The van der Waals surface area contributed by atoms with Gasteiger partial charge in [0.15, 0.2) is 0 Å². The van der Waals surface area contributed by atoms with E-state index in [2.05, 4.69) is 43.8 Å². The summed E-state index contributed by atoms with van der Waals surface area (Å²) in [6, 6.07) is 5.80. The van der Waals surface area contributed by atoms with Crippen LogP contribution in [0.2, 0.25) is 0 Å². The molecule has 1 aromatic carbocycles. The number of alkyl halides is 1. The fraction of sp³-hybridized carbons (Fsp3) is 0.417. The number of hydrogen-bond acceptors (Lipinski definition) is 1. The number of nitrogens with one attached hydrogen (secondary N) is 1. The first-order chi connectivity index (χ1) is 8.08. The van der Waals surface area contributed by atoms with Crippen molar-refractivity contribution in [2.45, 2.75) is 30.7 Å². The molecule has 1 N–H and O–H groups in total. The Morgan fingerprint density at radius 2 is 2.24 bits per heavy atom. The lowest BCUT2D eigenvalue weighted by Gasteiger charge is -2.16. The molecule has 92 valence electrons. The predicted octanol–water partition coefficient (Wildman–Crippen LogP) is 3.94. The molecule has 0 spiro atoms. The van der Waals surface area contributed by atoms with Crippen LogP contribution < -0.4 is 5.32 Å². The number of carbonyl (C=O) groups is 1. The van der Waals surface area contributed by atoms with Crippen molar-refractivity contribution in [1.82, 2.24) is 5.32 Å². The second kappa shape index (κ2) is 5.89. The first-order valence-electron chi connectivity index (χ1n) is 5.48. The fourth-order valence-corrected chi connectivity index (χ4v) is 3.28. The average molecular weight is 428 g/mol. The Hall–Kier alpha value is 0.190. The van der Waals surface area contributed by atoms with Crippen molar-refractivity contribution in [2.75, 3.05) is 0 Å². The normalized spacial score (nSPS) is 23.7. The van der Waals surface area contributed by atoms with Gasteiger partial charge in [-0.25, -0.2) is 0 Å². The van der Waals surface area contributed by atoms with Gasteiger partial charge in [0.2, 0.25) is 0 Å². The van der Waals surface area contributed by atoms with Crippen molar-refractivity contribution < 1.29 is 4.79 Å². The summed E-state index contributed by atoms with van der Waals surface area (Å²) in [5.74, 6) is -0.0340. The van der Waals surface area contributed by atoms with Crippen LogP contribution in [0, 0.1) is 3.57 Å². The quantitative estimate of drug-likeness (QED) is 0.561. The van der Waals surface area contributed by atoms with Crippen molar-refractivity contribution in [3.05, 3.63) is 31.8 Å². The van der Waals surface area contributed by atoms with Crippen molar-refractivity contribution in [3.8, 4) is 0 Å². The van der Waals surface area contributed by atoms with E-state index in [0.717, 1.165) is 27.3 Å². The van der Waals surface area contributed by atoms with Crippen LogP contribution in [0.25, 0.3) is 0 Å². The molecule has 5 heteroatoms. The first kappa shape index (κ1) is 13.6. The van der Waals surface area contributed by atoms with Crippen LogP contribution in [0.5, 0.6) is 0 Å². The van der Waals surface area contributed by atoms with Crippen molar-refractivity contribution >= 4 is 56.0 Å². The van der Waals surface area contributed by atoms with Gasteiger partial charge in [-0.1, -0.05) is 15.9 Å². The van der Waals surface area contributed by atoms with E-state index in [0.29, 0.717) is 5.56 Å². The summed E-state index contributed by atoms with van der Waals surface area (Å²) in [6.07, 6.45) is 3.06. The van der Waals surface area contributed by atoms with Gasteiger partial charge >= 0.3 is 0 Å². The molecule has 1 aliphatic carbocycles. The smallest absolute Gasteiger partial charge is 0.252 e. The van der Waals surface area contributed by atoms with E-state index in [1.54, 1.807) is 0 Å². The summed E-state index contributed by atoms with van der Waals surface area (Å²) in [5.41, 5.74) is 0.704. The Morgan fingerprint density at radius 1 is 1.47 bits per heavy atom. The highest BCUT2D eigenvalue weighted by atomic mass is 127. The summed E-state index contributed by atoms with van der Waals surface area (Å²) in [6.45, 7) is 0. The summed E-state index contributed by atoms with van der Waals surface area (Å²) >= 11 is 11.7. The molecule has 17 heavy (non-hydrogen) atoms. The van der Waals surface area contributed by atoms with Crippen LogP contribution >= 0.6 is 50.1 Å². The molecule has 0 heterocycles. The van der Waals surface area contributed by atoms with Gasteiger partial charge in [-0.2, -0.15) is 0 Å². The lowest BCUT2D eigenvalue weighted by molar-refractivity contribution is 0.0937. The van der Waals surface area contributed by atoms with Gasteiger partial charge in [0.1, 0.15) is 0 Å². The van der Waals surface area contributed by atoms with E-state index in [-0.39, 0.29) is 17.3 Å². The molecule has 1 saturated carbocycles. The Bertz CT molecular complexity index is 441. The highest BCUT2D eigenvalue weighted by Crippen LogP contribution is 2.25. The number of halogens is 3. The van der Waals surface area contributed by atoms with Crippen molar-refractivity contribution in [2.24, 2.45) is 0 Å². The zero-order valence-electron chi connectivity index (χ0n) is 9.05. The van der Waals surface area contributed by atoms with Gasteiger partial charge in [0.05, 0.1) is 10.9 Å². The minimum absolute atomic E-state index is 0.0340. The minimum atomic E-state index is -0.0340. The molecule has 2 rings (SSSR count). The second-order valence-electron chi connectivity index (χ2n) is 4.15. The molecule has 2 nitrogen and oxygen atoms in total. The van der Waals surface area contributed by atoms with E-state index in [9.17, 15) is 4.79 Å². The summed E-state index contributed by atoms with van der Waals surface area (Å²) in [7, 11) is 0. The van der Waals surface area contributed by atoms with Crippen LogP contribution in [0.4, 0.5) is 0 Å². The van der Waals surface area contributed by atoms with E-state index in [4.69, 9.17) is 11.6 Å². The maximum absolute atomic E-state index is 12.1. The molecule has 0 aromatic heterocycles. The maximum Gasteiger partial charge on any atom is 0.252 e. The molecule has 2 unspecified atom stereocenters. The molecule has 0 bridgehead atoms. The van der Waals surface area contributed by atoms with Crippen LogP contribution in [0.15, 0.2) is 22.7 Å². The fourth-order valence-electron chi connectivity index (χ4n) is 2.00. The summed E-state index contributed by atoms with van der Waals surface area (Å²) < 4.78 is 1.87. The Kier molecular flexibility index (Phi) is 4.72. The molecule has 2 atom stereocenters. The number of carbonyl (C=O) groups excluding carboxylic acids is 1. The number of hydrogen-bond donors (Lipinski definition) is 1. The largest absolute Gasteiger partial charge is 0.348 e. The molecule has 1 aliphatic rings. The molecule has 0 radical (unpaired) electrons. The molecule has 1 aromatic rings. The zero-order chi connectivity index (χ0) is 12.4. The van der Waals surface area contributed by atoms with Gasteiger partial charge < -0.3 is 5.32 Å². The van der Waals surface area contributed by atoms with E-state index in [1.807, 2.05) is 18.2 Å². The lowest BCUT2D eigenvalue weighted by Crippen LogP contribution is -2.38. The lowest BCUT2D eigenvalue weighted by atomic mass is 10.2. The van der Waals surface area contributed by atoms with Gasteiger partial charge in [-0.05, 0) is 60.1 Å². The number of rotatable bonds is 2. The van der Waals surface area contributed by atoms with Gasteiger partial charge in [0.25, 0.3) is 5.91 Å². The molecular weight excluding hydrogens is 416 g/mol. The standard InChI is InChI=1S/C12H12BrClINO/c13-7-4-5-10(15)8(6-7)12(17)16-11-3-1-2-9(11)14/h4-6,9,11H,1-3H2,(H,16,17). The van der Waals surface area contributed by atoms with E-state index >= 15 is 0 Å². The topological polar surface area (TPSA) is 29.1 Å². The van der Waals surface area contributed by atoms with Gasteiger partial charge in [-0.3, -0.25) is 4.79 Å². The van der Waals surface area contributed by atoms with Crippen molar-refractivity contribution in [3.63, 3.8) is 0 Å².